The molecule has 6 heteroatoms. The number of benzene rings is 1. The van der Waals surface area contributed by atoms with E-state index in [4.69, 9.17) is 5.73 Å². The highest BCUT2D eigenvalue weighted by Gasteiger charge is 2.40. The standard InChI is InChI=1S/C24H40N4O2/c1-24(2,3)27-23(30)22-12-18-6-4-5-7-19(18)15-28(22)16-21(29)14-26-13-17-8-10-20(25)11-9-17/h8-11,18-19,21-22,26,29H,4-7,12-16,25H2,1-3H3,(H,27,30)/t18-,19+,21+,22-/m0/s1. The van der Waals surface area contributed by atoms with Crippen LogP contribution in [0.1, 0.15) is 58.4 Å². The largest absolute Gasteiger partial charge is 0.399 e. The molecule has 1 saturated heterocycles. The summed E-state index contributed by atoms with van der Waals surface area (Å²) in [6.45, 7) is 8.72. The fraction of sp³-hybridized carbons (Fsp3) is 0.708. The van der Waals surface area contributed by atoms with Crippen molar-refractivity contribution < 1.29 is 9.90 Å². The Morgan fingerprint density at radius 1 is 1.20 bits per heavy atom. The Kier molecular flexibility index (Phi) is 7.77. The van der Waals surface area contributed by atoms with E-state index in [1.807, 2.05) is 45.0 Å². The van der Waals surface area contributed by atoms with Crippen molar-refractivity contribution in [2.45, 2.75) is 77.1 Å². The number of piperidine rings is 1. The van der Waals surface area contributed by atoms with E-state index in [0.29, 0.717) is 31.5 Å². The summed E-state index contributed by atoms with van der Waals surface area (Å²) in [7, 11) is 0. The summed E-state index contributed by atoms with van der Waals surface area (Å²) in [5.74, 6) is 1.41. The van der Waals surface area contributed by atoms with Gasteiger partial charge in [-0.05, 0) is 63.1 Å². The maximum Gasteiger partial charge on any atom is 0.237 e. The number of hydrogen-bond donors (Lipinski definition) is 4. The summed E-state index contributed by atoms with van der Waals surface area (Å²) in [5.41, 5.74) is 7.38. The van der Waals surface area contributed by atoms with E-state index in [9.17, 15) is 9.90 Å². The highest BCUT2D eigenvalue weighted by molar-refractivity contribution is 5.82. The Bertz CT molecular complexity index is 685. The van der Waals surface area contributed by atoms with Crippen LogP contribution in [0.15, 0.2) is 24.3 Å². The van der Waals surface area contributed by atoms with Crippen molar-refractivity contribution in [2.24, 2.45) is 11.8 Å². The first-order chi connectivity index (χ1) is 14.2. The zero-order chi connectivity index (χ0) is 21.7. The van der Waals surface area contributed by atoms with Gasteiger partial charge in [0.05, 0.1) is 12.1 Å². The van der Waals surface area contributed by atoms with Crippen LogP contribution in [0.3, 0.4) is 0 Å². The van der Waals surface area contributed by atoms with Gasteiger partial charge in [0.2, 0.25) is 5.91 Å². The van der Waals surface area contributed by atoms with Crippen LogP contribution in [0, 0.1) is 11.8 Å². The molecule has 1 heterocycles. The molecule has 0 aromatic heterocycles. The molecule has 5 N–H and O–H groups in total. The lowest BCUT2D eigenvalue weighted by atomic mass is 9.72. The van der Waals surface area contributed by atoms with E-state index >= 15 is 0 Å². The molecule has 4 atom stereocenters. The number of amides is 1. The fourth-order valence-corrected chi connectivity index (χ4v) is 4.98. The number of nitrogens with zero attached hydrogens (tertiary/aromatic N) is 1. The number of aliphatic hydroxyl groups is 1. The second-order valence-electron chi connectivity index (χ2n) is 10.3. The summed E-state index contributed by atoms with van der Waals surface area (Å²) in [5, 5.41) is 17.2. The number of likely N-dealkylation sites (tertiary alicyclic amines) is 1. The van der Waals surface area contributed by atoms with Gasteiger partial charge in [-0.1, -0.05) is 31.4 Å². The first-order valence-electron chi connectivity index (χ1n) is 11.5. The molecule has 2 fully saturated rings. The predicted octanol–water partition coefficient (Wildman–Crippen LogP) is 2.51. The van der Waals surface area contributed by atoms with Crippen LogP contribution < -0.4 is 16.4 Å². The van der Waals surface area contributed by atoms with E-state index in [0.717, 1.165) is 24.2 Å². The number of hydrogen-bond acceptors (Lipinski definition) is 5. The highest BCUT2D eigenvalue weighted by Crippen LogP contribution is 2.38. The monoisotopic (exact) mass is 416 g/mol. The third-order valence-electron chi connectivity index (χ3n) is 6.44. The van der Waals surface area contributed by atoms with Gasteiger partial charge in [0.25, 0.3) is 0 Å². The third kappa shape index (κ3) is 6.69. The SMILES string of the molecule is CC(C)(C)NC(=O)[C@@H]1C[C@@H]2CCCC[C@@H]2CN1C[C@H](O)CNCc1ccc(N)cc1. The van der Waals surface area contributed by atoms with E-state index < -0.39 is 6.10 Å². The minimum Gasteiger partial charge on any atom is -0.399 e. The van der Waals surface area contributed by atoms with Gasteiger partial charge in [-0.2, -0.15) is 0 Å². The number of nitrogen functional groups attached to an aromatic ring is 1. The van der Waals surface area contributed by atoms with E-state index in [2.05, 4.69) is 15.5 Å². The molecule has 0 unspecified atom stereocenters. The summed E-state index contributed by atoms with van der Waals surface area (Å²) >= 11 is 0. The molecule has 1 aliphatic carbocycles. The van der Waals surface area contributed by atoms with E-state index in [-0.39, 0.29) is 17.5 Å². The van der Waals surface area contributed by atoms with Crippen LogP contribution in [0.2, 0.25) is 0 Å². The Hall–Kier alpha value is -1.63. The fourth-order valence-electron chi connectivity index (χ4n) is 4.98. The topological polar surface area (TPSA) is 90.6 Å². The molecule has 30 heavy (non-hydrogen) atoms. The molecule has 1 aromatic rings. The summed E-state index contributed by atoms with van der Waals surface area (Å²) in [6.07, 6.45) is 5.47. The van der Waals surface area contributed by atoms with Crippen LogP contribution in [0.4, 0.5) is 5.69 Å². The van der Waals surface area contributed by atoms with E-state index in [1.165, 1.54) is 25.7 Å². The number of carbonyl (C=O) groups is 1. The molecule has 2 aliphatic rings. The second kappa shape index (κ2) is 10.1. The average molecular weight is 417 g/mol. The zero-order valence-corrected chi connectivity index (χ0v) is 18.9. The maximum absolute atomic E-state index is 13.0. The normalized spacial score (nSPS) is 26.1. The van der Waals surface area contributed by atoms with Crippen molar-refractivity contribution in [2.75, 3.05) is 25.4 Å². The van der Waals surface area contributed by atoms with Crippen LogP contribution in [-0.2, 0) is 11.3 Å². The van der Waals surface area contributed by atoms with Crippen molar-refractivity contribution in [3.05, 3.63) is 29.8 Å². The quantitative estimate of drug-likeness (QED) is 0.513. The Morgan fingerprint density at radius 2 is 1.87 bits per heavy atom. The maximum atomic E-state index is 13.0. The van der Waals surface area contributed by atoms with Gasteiger partial charge < -0.3 is 21.5 Å². The number of carbonyl (C=O) groups excluding carboxylic acids is 1. The minimum atomic E-state index is -0.510. The van der Waals surface area contributed by atoms with Crippen LogP contribution in [-0.4, -0.2) is 53.2 Å². The number of nitrogens with one attached hydrogen (secondary N) is 2. The average Bonchev–Trinajstić information content (AvgIpc) is 2.67. The number of anilines is 1. The van der Waals surface area contributed by atoms with Gasteiger partial charge in [0.1, 0.15) is 0 Å². The minimum absolute atomic E-state index is 0.105. The lowest BCUT2D eigenvalue weighted by molar-refractivity contribution is -0.132. The number of nitrogens with two attached hydrogens (primary N) is 1. The Morgan fingerprint density at radius 3 is 2.53 bits per heavy atom. The molecule has 1 aromatic carbocycles. The van der Waals surface area contributed by atoms with Crippen LogP contribution >= 0.6 is 0 Å². The molecule has 168 valence electrons. The molecule has 1 aliphatic heterocycles. The summed E-state index contributed by atoms with van der Waals surface area (Å²) in [6, 6.07) is 7.63. The summed E-state index contributed by atoms with van der Waals surface area (Å²) < 4.78 is 0. The summed E-state index contributed by atoms with van der Waals surface area (Å²) in [4.78, 5) is 15.3. The molecule has 0 bridgehead atoms. The molecule has 1 amide bonds. The van der Waals surface area contributed by atoms with Gasteiger partial charge in [0, 0.05) is 37.4 Å². The molecular weight excluding hydrogens is 376 g/mol. The molecule has 3 rings (SSSR count). The van der Waals surface area contributed by atoms with Gasteiger partial charge in [-0.25, -0.2) is 0 Å². The van der Waals surface area contributed by atoms with Crippen molar-refractivity contribution in [1.29, 1.82) is 0 Å². The van der Waals surface area contributed by atoms with Crippen molar-refractivity contribution in [3.8, 4) is 0 Å². The number of rotatable bonds is 7. The highest BCUT2D eigenvalue weighted by atomic mass is 16.3. The molecule has 0 spiro atoms. The Labute approximate surface area is 181 Å². The van der Waals surface area contributed by atoms with Gasteiger partial charge in [0.15, 0.2) is 0 Å². The molecular formula is C24H40N4O2. The van der Waals surface area contributed by atoms with E-state index in [1.54, 1.807) is 0 Å². The van der Waals surface area contributed by atoms with Gasteiger partial charge in [-0.3, -0.25) is 9.69 Å². The smallest absolute Gasteiger partial charge is 0.237 e. The van der Waals surface area contributed by atoms with Gasteiger partial charge >= 0.3 is 0 Å². The van der Waals surface area contributed by atoms with Gasteiger partial charge in [-0.15, -0.1) is 0 Å². The molecule has 0 radical (unpaired) electrons. The Balaban J connectivity index is 1.56. The second-order valence-corrected chi connectivity index (χ2v) is 10.3. The molecule has 1 saturated carbocycles. The third-order valence-corrected chi connectivity index (χ3v) is 6.44. The predicted molar refractivity (Wildman–Crippen MR) is 122 cm³/mol. The number of β-amino-alcohol motifs (C(OH)–C–C–N with tert-alkyl or cyclic N) is 1. The van der Waals surface area contributed by atoms with Crippen molar-refractivity contribution in [1.82, 2.24) is 15.5 Å². The lowest BCUT2D eigenvalue weighted by Crippen LogP contribution is -2.59. The first kappa shape index (κ1) is 23.0. The zero-order valence-electron chi connectivity index (χ0n) is 18.9. The lowest BCUT2D eigenvalue weighted by Gasteiger charge is -2.46. The number of fused-ring (bicyclic) bond motifs is 1. The van der Waals surface area contributed by atoms with Crippen molar-refractivity contribution in [3.63, 3.8) is 0 Å². The van der Waals surface area contributed by atoms with Crippen molar-refractivity contribution >= 4 is 11.6 Å². The van der Waals surface area contributed by atoms with Crippen LogP contribution in [0.25, 0.3) is 0 Å². The molecule has 6 nitrogen and oxygen atoms in total. The number of aliphatic hydroxyl groups excluding tert-OH is 1. The first-order valence-corrected chi connectivity index (χ1v) is 11.5. The van der Waals surface area contributed by atoms with Crippen LogP contribution in [0.5, 0.6) is 0 Å².